The molecule has 1 saturated heterocycles. The number of nitrogen functional groups attached to an aromatic ring is 1. The summed E-state index contributed by atoms with van der Waals surface area (Å²) in [5.74, 6) is 1.09. The second-order valence-corrected chi connectivity index (χ2v) is 4.07. The van der Waals surface area contributed by atoms with Crippen molar-refractivity contribution < 1.29 is 4.74 Å². The lowest BCUT2D eigenvalue weighted by Gasteiger charge is -2.08. The number of aromatic nitrogens is 2. The Morgan fingerprint density at radius 1 is 1.71 bits per heavy atom. The number of hydrogen-bond donors (Lipinski definition) is 1. The van der Waals surface area contributed by atoms with Crippen LogP contribution in [-0.4, -0.2) is 23.0 Å². The number of rotatable bonds is 2. The van der Waals surface area contributed by atoms with Gasteiger partial charge in [0.25, 0.3) is 0 Å². The molecule has 1 fully saturated rings. The van der Waals surface area contributed by atoms with Crippen molar-refractivity contribution in [1.29, 1.82) is 0 Å². The molecule has 2 heterocycles. The standard InChI is InChI=1S/C9H14ClN3O/c1-6-8(10)9(11)13(12-6)4-7-2-3-14-5-7/h7H,2-5,11H2,1H3. The molecule has 1 aliphatic heterocycles. The van der Waals surface area contributed by atoms with E-state index in [4.69, 9.17) is 22.1 Å². The van der Waals surface area contributed by atoms with Gasteiger partial charge < -0.3 is 10.5 Å². The molecule has 1 aromatic rings. The van der Waals surface area contributed by atoms with E-state index in [0.29, 0.717) is 16.8 Å². The maximum absolute atomic E-state index is 5.94. The fraction of sp³-hybridized carbons (Fsp3) is 0.667. The summed E-state index contributed by atoms with van der Waals surface area (Å²) in [5, 5.41) is 4.85. The van der Waals surface area contributed by atoms with E-state index in [9.17, 15) is 0 Å². The molecule has 5 heteroatoms. The molecule has 0 spiro atoms. The first-order valence-corrected chi connectivity index (χ1v) is 5.12. The third kappa shape index (κ3) is 1.72. The average molecular weight is 216 g/mol. The molecule has 1 aromatic heterocycles. The van der Waals surface area contributed by atoms with Gasteiger partial charge in [0.2, 0.25) is 0 Å². The molecule has 0 bridgehead atoms. The van der Waals surface area contributed by atoms with Crippen LogP contribution in [0.25, 0.3) is 0 Å². The molecule has 4 nitrogen and oxygen atoms in total. The van der Waals surface area contributed by atoms with E-state index in [1.807, 2.05) is 6.92 Å². The largest absolute Gasteiger partial charge is 0.383 e. The molecule has 14 heavy (non-hydrogen) atoms. The Kier molecular flexibility index (Phi) is 2.65. The van der Waals surface area contributed by atoms with Gasteiger partial charge in [-0.3, -0.25) is 0 Å². The molecule has 0 saturated carbocycles. The predicted molar refractivity (Wildman–Crippen MR) is 55.3 cm³/mol. The molecule has 2 N–H and O–H groups in total. The minimum atomic E-state index is 0.521. The molecule has 1 unspecified atom stereocenters. The van der Waals surface area contributed by atoms with E-state index in [-0.39, 0.29) is 0 Å². The maximum Gasteiger partial charge on any atom is 0.140 e. The maximum atomic E-state index is 5.94. The number of hydrogen-bond acceptors (Lipinski definition) is 3. The highest BCUT2D eigenvalue weighted by atomic mass is 35.5. The Labute approximate surface area is 88.0 Å². The van der Waals surface area contributed by atoms with Crippen LogP contribution in [0.5, 0.6) is 0 Å². The lowest BCUT2D eigenvalue weighted by atomic mass is 10.1. The van der Waals surface area contributed by atoms with Gasteiger partial charge in [0.15, 0.2) is 0 Å². The molecule has 2 rings (SSSR count). The van der Waals surface area contributed by atoms with Crippen molar-refractivity contribution in [2.45, 2.75) is 19.9 Å². The topological polar surface area (TPSA) is 53.1 Å². The van der Waals surface area contributed by atoms with Crippen LogP contribution in [-0.2, 0) is 11.3 Å². The van der Waals surface area contributed by atoms with Gasteiger partial charge in [0.1, 0.15) is 10.8 Å². The van der Waals surface area contributed by atoms with Gasteiger partial charge in [-0.1, -0.05) is 11.6 Å². The first-order chi connectivity index (χ1) is 6.68. The minimum absolute atomic E-state index is 0.521. The number of anilines is 1. The molecule has 0 aromatic carbocycles. The number of nitrogens with two attached hydrogens (primary N) is 1. The smallest absolute Gasteiger partial charge is 0.140 e. The van der Waals surface area contributed by atoms with Crippen molar-refractivity contribution in [3.8, 4) is 0 Å². The summed E-state index contributed by atoms with van der Waals surface area (Å²) in [6.45, 7) is 4.31. The second kappa shape index (κ2) is 3.79. The molecule has 78 valence electrons. The van der Waals surface area contributed by atoms with Gasteiger partial charge in [-0.05, 0) is 13.3 Å². The van der Waals surface area contributed by atoms with E-state index in [2.05, 4.69) is 5.10 Å². The first kappa shape index (κ1) is 9.80. The highest BCUT2D eigenvalue weighted by Gasteiger charge is 2.19. The lowest BCUT2D eigenvalue weighted by Crippen LogP contribution is -2.13. The Balaban J connectivity index is 2.12. The summed E-state index contributed by atoms with van der Waals surface area (Å²) in [5.41, 5.74) is 6.60. The number of aryl methyl sites for hydroxylation is 1. The Morgan fingerprint density at radius 3 is 3.00 bits per heavy atom. The van der Waals surface area contributed by atoms with Gasteiger partial charge >= 0.3 is 0 Å². The third-order valence-corrected chi connectivity index (χ3v) is 3.01. The molecule has 0 aliphatic carbocycles. The summed E-state index contributed by atoms with van der Waals surface area (Å²) in [4.78, 5) is 0. The summed E-state index contributed by atoms with van der Waals surface area (Å²) < 4.78 is 7.07. The molecule has 1 aliphatic rings. The monoisotopic (exact) mass is 215 g/mol. The van der Waals surface area contributed by atoms with Crippen LogP contribution >= 0.6 is 11.6 Å². The highest BCUT2D eigenvalue weighted by Crippen LogP contribution is 2.24. The second-order valence-electron chi connectivity index (χ2n) is 3.70. The zero-order chi connectivity index (χ0) is 10.1. The first-order valence-electron chi connectivity index (χ1n) is 4.74. The van der Waals surface area contributed by atoms with Gasteiger partial charge in [-0.2, -0.15) is 5.10 Å². The van der Waals surface area contributed by atoms with Crippen molar-refractivity contribution in [3.63, 3.8) is 0 Å². The Bertz CT molecular complexity index is 331. The van der Waals surface area contributed by atoms with E-state index in [1.54, 1.807) is 4.68 Å². The van der Waals surface area contributed by atoms with Crippen LogP contribution < -0.4 is 5.73 Å². The van der Waals surface area contributed by atoms with Gasteiger partial charge in [-0.25, -0.2) is 4.68 Å². The fourth-order valence-electron chi connectivity index (χ4n) is 1.69. The Morgan fingerprint density at radius 2 is 2.50 bits per heavy atom. The van der Waals surface area contributed by atoms with Gasteiger partial charge in [0, 0.05) is 19.1 Å². The van der Waals surface area contributed by atoms with Gasteiger partial charge in [-0.15, -0.1) is 0 Å². The molecule has 0 radical (unpaired) electrons. The molecular weight excluding hydrogens is 202 g/mol. The summed E-state index contributed by atoms with van der Waals surface area (Å²) in [7, 11) is 0. The average Bonchev–Trinajstić information content (AvgIpc) is 2.73. The molecule has 1 atom stereocenters. The van der Waals surface area contributed by atoms with Crippen LogP contribution in [0.2, 0.25) is 5.02 Å². The van der Waals surface area contributed by atoms with E-state index >= 15 is 0 Å². The molecule has 0 amide bonds. The van der Waals surface area contributed by atoms with Crippen molar-refractivity contribution in [2.75, 3.05) is 18.9 Å². The summed E-state index contributed by atoms with van der Waals surface area (Å²) >= 11 is 5.94. The van der Waals surface area contributed by atoms with Crippen LogP contribution in [0.15, 0.2) is 0 Å². The fourth-order valence-corrected chi connectivity index (χ4v) is 1.82. The Hall–Kier alpha value is -0.740. The van der Waals surface area contributed by atoms with Crippen LogP contribution in [0.3, 0.4) is 0 Å². The lowest BCUT2D eigenvalue weighted by molar-refractivity contribution is 0.181. The number of ether oxygens (including phenoxy) is 1. The van der Waals surface area contributed by atoms with Crippen molar-refractivity contribution in [3.05, 3.63) is 10.7 Å². The van der Waals surface area contributed by atoms with E-state index in [1.165, 1.54) is 0 Å². The van der Waals surface area contributed by atoms with Crippen molar-refractivity contribution in [1.82, 2.24) is 9.78 Å². The van der Waals surface area contributed by atoms with Crippen molar-refractivity contribution in [2.24, 2.45) is 5.92 Å². The summed E-state index contributed by atoms with van der Waals surface area (Å²) in [6, 6.07) is 0. The van der Waals surface area contributed by atoms with Gasteiger partial charge in [0.05, 0.1) is 12.3 Å². The predicted octanol–water partition coefficient (Wildman–Crippen LogP) is 1.46. The van der Waals surface area contributed by atoms with Crippen LogP contribution in [0, 0.1) is 12.8 Å². The normalized spacial score (nSPS) is 21.7. The number of halogens is 1. The highest BCUT2D eigenvalue weighted by molar-refractivity contribution is 6.33. The number of nitrogens with zero attached hydrogens (tertiary/aromatic N) is 2. The minimum Gasteiger partial charge on any atom is -0.383 e. The van der Waals surface area contributed by atoms with Crippen molar-refractivity contribution >= 4 is 17.4 Å². The summed E-state index contributed by atoms with van der Waals surface area (Å²) in [6.07, 6.45) is 1.08. The molecular formula is C9H14ClN3O. The van der Waals surface area contributed by atoms with Crippen LogP contribution in [0.4, 0.5) is 5.82 Å². The zero-order valence-corrected chi connectivity index (χ0v) is 8.92. The van der Waals surface area contributed by atoms with E-state index in [0.717, 1.165) is 31.9 Å². The van der Waals surface area contributed by atoms with E-state index < -0.39 is 0 Å². The third-order valence-electron chi connectivity index (χ3n) is 2.55. The SMILES string of the molecule is Cc1nn(CC2CCOC2)c(N)c1Cl. The zero-order valence-electron chi connectivity index (χ0n) is 8.16. The quantitative estimate of drug-likeness (QED) is 0.813. The van der Waals surface area contributed by atoms with Crippen LogP contribution in [0.1, 0.15) is 12.1 Å².